The van der Waals surface area contributed by atoms with Crippen LogP contribution < -0.4 is 14.8 Å². The van der Waals surface area contributed by atoms with E-state index in [4.69, 9.17) is 9.47 Å². The molecule has 0 atom stereocenters. The van der Waals surface area contributed by atoms with Crippen molar-refractivity contribution >= 4 is 11.8 Å². The molecule has 2 aliphatic rings. The molecule has 1 aromatic heterocycles. The van der Waals surface area contributed by atoms with E-state index in [0.29, 0.717) is 44.0 Å². The zero-order chi connectivity index (χ0) is 20.4. The van der Waals surface area contributed by atoms with Gasteiger partial charge in [-0.05, 0) is 54.2 Å². The van der Waals surface area contributed by atoms with E-state index < -0.39 is 5.41 Å². The monoisotopic (exact) mass is 395 g/mol. The van der Waals surface area contributed by atoms with E-state index in [2.05, 4.69) is 10.3 Å². The highest BCUT2D eigenvalue weighted by atomic mass is 16.5. The summed E-state index contributed by atoms with van der Waals surface area (Å²) in [5.74, 6) is 1.07. The molecule has 0 spiro atoms. The van der Waals surface area contributed by atoms with E-state index >= 15 is 0 Å². The molecule has 1 saturated carbocycles. The fourth-order valence-electron chi connectivity index (χ4n) is 3.88. The van der Waals surface area contributed by atoms with Crippen molar-refractivity contribution in [2.24, 2.45) is 5.41 Å². The van der Waals surface area contributed by atoms with Crippen LogP contribution in [-0.2, 0) is 29.1 Å². The number of nitrogens with zero attached hydrogens (tertiary/aromatic N) is 2. The minimum Gasteiger partial charge on any atom is -0.493 e. The maximum Gasteiger partial charge on any atom is 0.238 e. The summed E-state index contributed by atoms with van der Waals surface area (Å²) in [5.41, 5.74) is 2.18. The SMILES string of the molecule is COc1cc2c(cc1OC)CN(C(=O)C1(C(=O)NCc3cccnc3)CC1)CC2. The van der Waals surface area contributed by atoms with Crippen LogP contribution in [0.15, 0.2) is 36.7 Å². The van der Waals surface area contributed by atoms with E-state index in [1.54, 1.807) is 31.5 Å². The third-order valence-corrected chi connectivity index (χ3v) is 5.78. The quantitative estimate of drug-likeness (QED) is 0.758. The summed E-state index contributed by atoms with van der Waals surface area (Å²) in [6, 6.07) is 7.63. The van der Waals surface area contributed by atoms with Gasteiger partial charge in [0.05, 0.1) is 14.2 Å². The van der Waals surface area contributed by atoms with Gasteiger partial charge in [0.25, 0.3) is 0 Å². The number of ether oxygens (including phenoxy) is 2. The zero-order valence-electron chi connectivity index (χ0n) is 16.7. The molecule has 1 fully saturated rings. The van der Waals surface area contributed by atoms with Gasteiger partial charge in [-0.2, -0.15) is 0 Å². The number of nitrogens with one attached hydrogen (secondary N) is 1. The first-order valence-electron chi connectivity index (χ1n) is 9.78. The molecule has 1 aliphatic carbocycles. The highest BCUT2D eigenvalue weighted by molar-refractivity contribution is 6.07. The zero-order valence-corrected chi connectivity index (χ0v) is 16.7. The number of carbonyl (C=O) groups excluding carboxylic acids is 2. The maximum absolute atomic E-state index is 13.2. The van der Waals surface area contributed by atoms with Gasteiger partial charge in [-0.3, -0.25) is 14.6 Å². The lowest BCUT2D eigenvalue weighted by Crippen LogP contribution is -2.46. The Labute approximate surface area is 170 Å². The smallest absolute Gasteiger partial charge is 0.238 e. The van der Waals surface area contributed by atoms with Crippen molar-refractivity contribution < 1.29 is 19.1 Å². The Kier molecular flexibility index (Phi) is 5.13. The Bertz CT molecular complexity index is 925. The summed E-state index contributed by atoms with van der Waals surface area (Å²) >= 11 is 0. The lowest BCUT2D eigenvalue weighted by atomic mass is 9.96. The molecule has 0 saturated heterocycles. The van der Waals surface area contributed by atoms with Gasteiger partial charge in [0, 0.05) is 32.0 Å². The molecule has 0 unspecified atom stereocenters. The third-order valence-electron chi connectivity index (χ3n) is 5.78. The summed E-state index contributed by atoms with van der Waals surface area (Å²) in [4.78, 5) is 31.9. The number of fused-ring (bicyclic) bond motifs is 1. The number of benzene rings is 1. The van der Waals surface area contributed by atoms with Crippen molar-refractivity contribution in [2.45, 2.75) is 32.4 Å². The molecule has 2 amide bonds. The van der Waals surface area contributed by atoms with Crippen LogP contribution in [0.2, 0.25) is 0 Å². The van der Waals surface area contributed by atoms with Crippen LogP contribution in [0.4, 0.5) is 0 Å². The van der Waals surface area contributed by atoms with E-state index in [0.717, 1.165) is 23.1 Å². The number of methoxy groups -OCH3 is 2. The Morgan fingerprint density at radius 1 is 1.17 bits per heavy atom. The molecule has 0 bridgehead atoms. The molecule has 7 nitrogen and oxygen atoms in total. The minimum atomic E-state index is -0.920. The third kappa shape index (κ3) is 3.64. The van der Waals surface area contributed by atoms with Crippen molar-refractivity contribution in [3.05, 3.63) is 53.3 Å². The predicted octanol–water partition coefficient (Wildman–Crippen LogP) is 2.08. The largest absolute Gasteiger partial charge is 0.493 e. The van der Waals surface area contributed by atoms with Crippen molar-refractivity contribution in [1.29, 1.82) is 0 Å². The van der Waals surface area contributed by atoms with Crippen LogP contribution in [0.5, 0.6) is 11.5 Å². The minimum absolute atomic E-state index is 0.0818. The van der Waals surface area contributed by atoms with Crippen molar-refractivity contribution in [3.8, 4) is 11.5 Å². The highest BCUT2D eigenvalue weighted by Gasteiger charge is 2.58. The first kappa shape index (κ1) is 19.2. The molecule has 4 rings (SSSR count). The Hall–Kier alpha value is -3.09. The van der Waals surface area contributed by atoms with E-state index in [1.807, 2.05) is 24.3 Å². The first-order chi connectivity index (χ1) is 14.1. The Balaban J connectivity index is 1.45. The first-order valence-corrected chi connectivity index (χ1v) is 9.78. The second kappa shape index (κ2) is 7.73. The molecular formula is C22H25N3O4. The van der Waals surface area contributed by atoms with Gasteiger partial charge in [0.15, 0.2) is 11.5 Å². The van der Waals surface area contributed by atoms with E-state index in [9.17, 15) is 9.59 Å². The van der Waals surface area contributed by atoms with Gasteiger partial charge < -0.3 is 19.7 Å². The normalized spacial score (nSPS) is 16.6. The maximum atomic E-state index is 13.2. The number of rotatable bonds is 6. The van der Waals surface area contributed by atoms with Crippen LogP contribution >= 0.6 is 0 Å². The number of carbonyl (C=O) groups is 2. The number of aromatic nitrogens is 1. The fourth-order valence-corrected chi connectivity index (χ4v) is 3.88. The molecule has 1 N–H and O–H groups in total. The number of amides is 2. The average molecular weight is 395 g/mol. The molecular weight excluding hydrogens is 370 g/mol. The topological polar surface area (TPSA) is 80.8 Å². The molecule has 1 aliphatic heterocycles. The molecule has 1 aromatic carbocycles. The van der Waals surface area contributed by atoms with Gasteiger partial charge in [-0.15, -0.1) is 0 Å². The van der Waals surface area contributed by atoms with Gasteiger partial charge in [-0.1, -0.05) is 6.07 Å². The Morgan fingerprint density at radius 3 is 2.52 bits per heavy atom. The van der Waals surface area contributed by atoms with E-state index in [-0.39, 0.29) is 11.8 Å². The van der Waals surface area contributed by atoms with Crippen molar-refractivity contribution in [2.75, 3.05) is 20.8 Å². The van der Waals surface area contributed by atoms with Crippen LogP contribution in [0.3, 0.4) is 0 Å². The van der Waals surface area contributed by atoms with Crippen molar-refractivity contribution in [1.82, 2.24) is 15.2 Å². The van der Waals surface area contributed by atoms with Gasteiger partial charge in [0.2, 0.25) is 11.8 Å². The summed E-state index contributed by atoms with van der Waals surface area (Å²) < 4.78 is 10.8. The second-order valence-electron chi connectivity index (χ2n) is 7.58. The molecule has 0 radical (unpaired) electrons. The van der Waals surface area contributed by atoms with Gasteiger partial charge in [-0.25, -0.2) is 0 Å². The number of hydrogen-bond acceptors (Lipinski definition) is 5. The van der Waals surface area contributed by atoms with Crippen LogP contribution in [0.1, 0.15) is 29.5 Å². The number of hydrogen-bond donors (Lipinski definition) is 1. The molecule has 152 valence electrons. The van der Waals surface area contributed by atoms with Crippen molar-refractivity contribution in [3.63, 3.8) is 0 Å². The van der Waals surface area contributed by atoms with Crippen LogP contribution in [0.25, 0.3) is 0 Å². The highest BCUT2D eigenvalue weighted by Crippen LogP contribution is 2.48. The van der Waals surface area contributed by atoms with Crippen LogP contribution in [-0.4, -0.2) is 42.5 Å². The van der Waals surface area contributed by atoms with Crippen LogP contribution in [0, 0.1) is 5.41 Å². The Morgan fingerprint density at radius 2 is 1.90 bits per heavy atom. The molecule has 29 heavy (non-hydrogen) atoms. The fraction of sp³-hybridized carbons (Fsp3) is 0.409. The lowest BCUT2D eigenvalue weighted by Gasteiger charge is -2.32. The lowest BCUT2D eigenvalue weighted by molar-refractivity contribution is -0.145. The van der Waals surface area contributed by atoms with Gasteiger partial charge >= 0.3 is 0 Å². The molecule has 2 aromatic rings. The summed E-state index contributed by atoms with van der Waals surface area (Å²) in [7, 11) is 3.21. The number of pyridine rings is 1. The van der Waals surface area contributed by atoms with E-state index in [1.165, 1.54) is 0 Å². The standard InChI is InChI=1S/C22H25N3O4/c1-28-18-10-16-5-9-25(14-17(16)11-19(18)29-2)21(27)22(6-7-22)20(26)24-13-15-4-3-8-23-12-15/h3-4,8,10-12H,5-7,9,13-14H2,1-2H3,(H,24,26). The molecule has 2 heterocycles. The molecule has 7 heteroatoms. The average Bonchev–Trinajstić information content (AvgIpc) is 3.58. The summed E-state index contributed by atoms with van der Waals surface area (Å²) in [5, 5.41) is 2.91. The summed E-state index contributed by atoms with van der Waals surface area (Å²) in [6.45, 7) is 1.45. The predicted molar refractivity (Wildman–Crippen MR) is 106 cm³/mol. The summed E-state index contributed by atoms with van der Waals surface area (Å²) in [6.07, 6.45) is 5.33. The van der Waals surface area contributed by atoms with Gasteiger partial charge in [0.1, 0.15) is 5.41 Å². The second-order valence-corrected chi connectivity index (χ2v) is 7.58.